The van der Waals surface area contributed by atoms with Crippen molar-refractivity contribution in [2.75, 3.05) is 0 Å². The molecular weight excluding hydrogens is 239 g/mol. The number of halogens is 1. The summed E-state index contributed by atoms with van der Waals surface area (Å²) in [5.74, 6) is 0.191. The molecule has 1 aromatic carbocycles. The van der Waals surface area contributed by atoms with E-state index in [2.05, 4.69) is 12.1 Å². The van der Waals surface area contributed by atoms with Crippen LogP contribution in [-0.2, 0) is 17.6 Å². The highest BCUT2D eigenvalue weighted by molar-refractivity contribution is 5.92. The van der Waals surface area contributed by atoms with Crippen LogP contribution >= 0.6 is 0 Å². The molecule has 1 aromatic rings. The first kappa shape index (κ1) is 12.6. The third-order valence-electron chi connectivity index (χ3n) is 4.44. The largest absolute Gasteiger partial charge is 0.295 e. The van der Waals surface area contributed by atoms with Gasteiger partial charge in [0.25, 0.3) is 0 Å². The highest BCUT2D eigenvalue weighted by Gasteiger charge is 2.27. The number of carbonyl (C=O) groups is 1. The summed E-state index contributed by atoms with van der Waals surface area (Å²) in [6.07, 6.45) is 6.85. The predicted octanol–water partition coefficient (Wildman–Crippen LogP) is 3.66. The van der Waals surface area contributed by atoms with Gasteiger partial charge in [-0.15, -0.1) is 0 Å². The highest BCUT2D eigenvalue weighted by Crippen LogP contribution is 2.30. The molecule has 0 heterocycles. The van der Waals surface area contributed by atoms with Crippen molar-refractivity contribution in [3.63, 3.8) is 0 Å². The van der Waals surface area contributed by atoms with E-state index in [9.17, 15) is 9.18 Å². The van der Waals surface area contributed by atoms with E-state index in [0.717, 1.165) is 25.7 Å². The molecule has 0 bridgehead atoms. The van der Waals surface area contributed by atoms with Crippen LogP contribution in [0.4, 0.5) is 4.39 Å². The average Bonchev–Trinajstić information content (AvgIpc) is 3.01. The summed E-state index contributed by atoms with van der Waals surface area (Å²) in [5.41, 5.74) is 2.58. The second-order valence-electron chi connectivity index (χ2n) is 5.75. The molecule has 100 valence electrons. The Labute approximate surface area is 113 Å². The minimum Gasteiger partial charge on any atom is -0.295 e. The molecule has 2 unspecified atom stereocenters. The van der Waals surface area contributed by atoms with Crippen molar-refractivity contribution < 1.29 is 9.18 Å². The Kier molecular flexibility index (Phi) is 3.50. The molecule has 1 fully saturated rings. The second kappa shape index (κ2) is 5.28. The van der Waals surface area contributed by atoms with Gasteiger partial charge in [0.2, 0.25) is 0 Å². The molecule has 1 saturated carbocycles. The Morgan fingerprint density at radius 1 is 1.16 bits per heavy atom. The van der Waals surface area contributed by atoms with Gasteiger partial charge < -0.3 is 0 Å². The minimum absolute atomic E-state index is 0.0345. The fraction of sp³-hybridized carbons (Fsp3) is 0.471. The minimum atomic E-state index is -0.746. The fourth-order valence-electron chi connectivity index (χ4n) is 3.27. The Morgan fingerprint density at radius 2 is 1.84 bits per heavy atom. The van der Waals surface area contributed by atoms with Crippen molar-refractivity contribution in [3.8, 4) is 0 Å². The quantitative estimate of drug-likeness (QED) is 0.756. The van der Waals surface area contributed by atoms with Gasteiger partial charge in [-0.05, 0) is 49.3 Å². The van der Waals surface area contributed by atoms with Crippen molar-refractivity contribution in [3.05, 3.63) is 47.5 Å². The number of alkyl halides is 1. The number of benzene rings is 1. The zero-order valence-corrected chi connectivity index (χ0v) is 11.0. The lowest BCUT2D eigenvalue weighted by atomic mass is 9.98. The first-order valence-corrected chi connectivity index (χ1v) is 7.17. The Balaban J connectivity index is 1.62. The molecule has 0 N–H and O–H groups in total. The third-order valence-corrected chi connectivity index (χ3v) is 4.44. The van der Waals surface area contributed by atoms with E-state index in [0.29, 0.717) is 6.42 Å². The molecule has 0 radical (unpaired) electrons. The lowest BCUT2D eigenvalue weighted by Gasteiger charge is -2.07. The van der Waals surface area contributed by atoms with Gasteiger partial charge in [-0.3, -0.25) is 4.79 Å². The SMILES string of the molecule is O=C(/C=C/C1CCCC1F)C1Cc2ccccc2C1. The van der Waals surface area contributed by atoms with Crippen molar-refractivity contribution in [2.24, 2.45) is 11.8 Å². The van der Waals surface area contributed by atoms with E-state index in [1.165, 1.54) is 11.1 Å². The van der Waals surface area contributed by atoms with Gasteiger partial charge >= 0.3 is 0 Å². The molecule has 0 aromatic heterocycles. The third kappa shape index (κ3) is 2.63. The number of fused-ring (bicyclic) bond motifs is 1. The van der Waals surface area contributed by atoms with Crippen molar-refractivity contribution in [1.29, 1.82) is 0 Å². The van der Waals surface area contributed by atoms with E-state index in [1.54, 1.807) is 6.08 Å². The topological polar surface area (TPSA) is 17.1 Å². The summed E-state index contributed by atoms with van der Waals surface area (Å²) < 4.78 is 13.5. The molecule has 0 spiro atoms. The van der Waals surface area contributed by atoms with Crippen LogP contribution in [0.2, 0.25) is 0 Å². The number of carbonyl (C=O) groups excluding carboxylic acids is 1. The van der Waals surface area contributed by atoms with E-state index in [-0.39, 0.29) is 17.6 Å². The maximum absolute atomic E-state index is 13.5. The van der Waals surface area contributed by atoms with E-state index < -0.39 is 6.17 Å². The predicted molar refractivity (Wildman–Crippen MR) is 73.7 cm³/mol. The number of ketones is 1. The summed E-state index contributed by atoms with van der Waals surface area (Å²) in [6.45, 7) is 0. The molecular formula is C17H19FO. The lowest BCUT2D eigenvalue weighted by Crippen LogP contribution is -2.13. The van der Waals surface area contributed by atoms with Crippen LogP contribution in [0.25, 0.3) is 0 Å². The molecule has 1 nitrogen and oxygen atoms in total. The molecule has 2 atom stereocenters. The maximum Gasteiger partial charge on any atom is 0.159 e. The molecule has 0 amide bonds. The summed E-state index contributed by atoms with van der Waals surface area (Å²) >= 11 is 0. The van der Waals surface area contributed by atoms with Gasteiger partial charge in [0.05, 0.1) is 0 Å². The molecule has 2 heteroatoms. The standard InChI is InChI=1S/C17H19FO/c18-16-7-3-6-12(16)8-9-17(19)15-10-13-4-1-2-5-14(13)11-15/h1-2,4-5,8-9,12,15-16H,3,6-7,10-11H2/b9-8+. The van der Waals surface area contributed by atoms with E-state index in [4.69, 9.17) is 0 Å². The summed E-state index contributed by atoms with van der Waals surface area (Å²) in [4.78, 5) is 12.2. The van der Waals surface area contributed by atoms with E-state index in [1.807, 2.05) is 18.2 Å². The Bertz CT molecular complexity index is 481. The maximum atomic E-state index is 13.5. The molecule has 3 rings (SSSR count). The van der Waals surface area contributed by atoms with Crippen LogP contribution in [-0.4, -0.2) is 12.0 Å². The summed E-state index contributed by atoms with van der Waals surface area (Å²) in [6, 6.07) is 8.24. The highest BCUT2D eigenvalue weighted by atomic mass is 19.1. The molecule has 0 saturated heterocycles. The van der Waals surface area contributed by atoms with Crippen molar-refractivity contribution >= 4 is 5.78 Å². The van der Waals surface area contributed by atoms with Gasteiger partial charge in [0, 0.05) is 11.8 Å². The van der Waals surface area contributed by atoms with Gasteiger partial charge in [0.15, 0.2) is 5.78 Å². The first-order chi connectivity index (χ1) is 9.24. The van der Waals surface area contributed by atoms with Crippen LogP contribution in [0, 0.1) is 11.8 Å². The average molecular weight is 258 g/mol. The van der Waals surface area contributed by atoms with Gasteiger partial charge in [-0.2, -0.15) is 0 Å². The number of hydrogen-bond donors (Lipinski definition) is 0. The fourth-order valence-corrected chi connectivity index (χ4v) is 3.27. The Morgan fingerprint density at radius 3 is 2.42 bits per heavy atom. The smallest absolute Gasteiger partial charge is 0.159 e. The zero-order valence-electron chi connectivity index (χ0n) is 11.0. The normalized spacial score (nSPS) is 27.0. The summed E-state index contributed by atoms with van der Waals surface area (Å²) in [5, 5.41) is 0. The zero-order chi connectivity index (χ0) is 13.2. The monoisotopic (exact) mass is 258 g/mol. The van der Waals surface area contributed by atoms with Crippen LogP contribution in [0.15, 0.2) is 36.4 Å². The van der Waals surface area contributed by atoms with Crippen molar-refractivity contribution in [2.45, 2.75) is 38.3 Å². The number of allylic oxidation sites excluding steroid dienone is 2. The van der Waals surface area contributed by atoms with Crippen LogP contribution < -0.4 is 0 Å². The second-order valence-corrected chi connectivity index (χ2v) is 5.75. The van der Waals surface area contributed by atoms with Crippen LogP contribution in [0.1, 0.15) is 30.4 Å². The number of rotatable bonds is 3. The number of hydrogen-bond acceptors (Lipinski definition) is 1. The molecule has 19 heavy (non-hydrogen) atoms. The van der Waals surface area contributed by atoms with Crippen LogP contribution in [0.5, 0.6) is 0 Å². The van der Waals surface area contributed by atoms with E-state index >= 15 is 0 Å². The first-order valence-electron chi connectivity index (χ1n) is 7.17. The van der Waals surface area contributed by atoms with Gasteiger partial charge in [-0.25, -0.2) is 4.39 Å². The van der Waals surface area contributed by atoms with Crippen LogP contribution in [0.3, 0.4) is 0 Å². The lowest BCUT2D eigenvalue weighted by molar-refractivity contribution is -0.117. The molecule has 0 aliphatic heterocycles. The van der Waals surface area contributed by atoms with Gasteiger partial charge in [0.1, 0.15) is 6.17 Å². The Hall–Kier alpha value is -1.44. The van der Waals surface area contributed by atoms with Crippen molar-refractivity contribution in [1.82, 2.24) is 0 Å². The van der Waals surface area contributed by atoms with Gasteiger partial charge in [-0.1, -0.05) is 30.3 Å². The summed E-state index contributed by atoms with van der Waals surface area (Å²) in [7, 11) is 0. The molecule has 2 aliphatic rings. The molecule has 2 aliphatic carbocycles.